The zero-order valence-corrected chi connectivity index (χ0v) is 10.2. The molecule has 0 spiro atoms. The Kier molecular flexibility index (Phi) is 4.50. The highest BCUT2D eigenvalue weighted by atomic mass is 32.2. The molecule has 0 aliphatic heterocycles. The Morgan fingerprint density at radius 3 is 2.53 bits per heavy atom. The van der Waals surface area contributed by atoms with Crippen LogP contribution in [0.4, 0.5) is 19.0 Å². The lowest BCUT2D eigenvalue weighted by Gasteiger charge is -2.13. The number of aromatic nitrogens is 1. The van der Waals surface area contributed by atoms with Crippen LogP contribution >= 0.6 is 0 Å². The van der Waals surface area contributed by atoms with E-state index < -0.39 is 22.5 Å². The molecule has 2 atom stereocenters. The van der Waals surface area contributed by atoms with Crippen molar-refractivity contribution in [3.05, 3.63) is 23.9 Å². The van der Waals surface area contributed by atoms with Gasteiger partial charge < -0.3 is 5.32 Å². The average Bonchev–Trinajstić information content (AvgIpc) is 2.15. The van der Waals surface area contributed by atoms with Gasteiger partial charge in [-0.15, -0.1) is 0 Å². The molecule has 1 heterocycles. The third-order valence-corrected chi connectivity index (χ3v) is 2.94. The largest absolute Gasteiger partial charge is 0.417 e. The highest BCUT2D eigenvalue weighted by Gasteiger charge is 2.30. The minimum atomic E-state index is -4.37. The van der Waals surface area contributed by atoms with Crippen LogP contribution in [0, 0.1) is 0 Å². The van der Waals surface area contributed by atoms with E-state index in [4.69, 9.17) is 0 Å². The van der Waals surface area contributed by atoms with Crippen molar-refractivity contribution in [2.24, 2.45) is 0 Å². The molecule has 0 fully saturated rings. The lowest BCUT2D eigenvalue weighted by atomic mass is 10.2. The molecule has 1 rings (SSSR count). The van der Waals surface area contributed by atoms with Gasteiger partial charge in [0.2, 0.25) is 0 Å². The molecule has 7 heteroatoms. The second kappa shape index (κ2) is 5.48. The van der Waals surface area contributed by atoms with Crippen LogP contribution in [-0.2, 0) is 17.0 Å². The molecule has 2 unspecified atom stereocenters. The second-order valence-corrected chi connectivity index (χ2v) is 5.19. The third kappa shape index (κ3) is 4.72. The predicted molar refractivity (Wildman–Crippen MR) is 61.3 cm³/mol. The minimum absolute atomic E-state index is 0.106. The molecule has 0 saturated carbocycles. The Morgan fingerprint density at radius 1 is 1.47 bits per heavy atom. The Hall–Kier alpha value is -1.11. The second-order valence-electron chi connectivity index (χ2n) is 3.72. The van der Waals surface area contributed by atoms with Crippen LogP contribution in [-0.4, -0.2) is 27.2 Å². The van der Waals surface area contributed by atoms with Crippen molar-refractivity contribution in [2.75, 3.05) is 17.3 Å². The van der Waals surface area contributed by atoms with Crippen LogP contribution in [0.2, 0.25) is 0 Å². The van der Waals surface area contributed by atoms with Gasteiger partial charge in [-0.05, 0) is 19.1 Å². The summed E-state index contributed by atoms with van der Waals surface area (Å²) in [6, 6.07) is 2.12. The van der Waals surface area contributed by atoms with Gasteiger partial charge in [-0.3, -0.25) is 4.21 Å². The van der Waals surface area contributed by atoms with Crippen molar-refractivity contribution >= 4 is 16.6 Å². The van der Waals surface area contributed by atoms with Crippen molar-refractivity contribution in [1.29, 1.82) is 0 Å². The molecule has 1 N–H and O–H groups in total. The molecule has 0 saturated heterocycles. The number of nitrogens with zero attached hydrogens (tertiary/aromatic N) is 1. The summed E-state index contributed by atoms with van der Waals surface area (Å²) in [4.78, 5) is 3.66. The lowest BCUT2D eigenvalue weighted by Crippen LogP contribution is -2.22. The predicted octanol–water partition coefficient (Wildman–Crippen LogP) is 2.28. The van der Waals surface area contributed by atoms with Gasteiger partial charge in [0.05, 0.1) is 5.56 Å². The number of nitrogens with one attached hydrogen (secondary N) is 1. The van der Waals surface area contributed by atoms with Crippen molar-refractivity contribution in [3.8, 4) is 0 Å². The number of rotatable bonds is 4. The summed E-state index contributed by atoms with van der Waals surface area (Å²) in [5, 5.41) is 2.88. The van der Waals surface area contributed by atoms with E-state index in [2.05, 4.69) is 10.3 Å². The molecule has 0 aromatic carbocycles. The van der Waals surface area contributed by atoms with Crippen LogP contribution in [0.3, 0.4) is 0 Å². The number of hydrogen-bond donors (Lipinski definition) is 1. The fourth-order valence-electron chi connectivity index (χ4n) is 1.29. The SMILES string of the molecule is CC(CS(C)=O)Nc1ccc(C(F)(F)F)cn1. The van der Waals surface area contributed by atoms with Gasteiger partial charge in [-0.2, -0.15) is 13.2 Å². The molecule has 0 aliphatic carbocycles. The maximum Gasteiger partial charge on any atom is 0.417 e. The first-order chi connectivity index (χ1) is 7.79. The summed E-state index contributed by atoms with van der Waals surface area (Å²) < 4.78 is 47.7. The van der Waals surface area contributed by atoms with Gasteiger partial charge in [-0.1, -0.05) is 0 Å². The molecule has 0 aliphatic rings. The van der Waals surface area contributed by atoms with E-state index in [1.807, 2.05) is 0 Å². The van der Waals surface area contributed by atoms with Crippen LogP contribution in [0.1, 0.15) is 12.5 Å². The van der Waals surface area contributed by atoms with E-state index in [9.17, 15) is 17.4 Å². The van der Waals surface area contributed by atoms with Gasteiger partial charge in [0.15, 0.2) is 0 Å². The summed E-state index contributed by atoms with van der Waals surface area (Å²) in [5.41, 5.74) is -0.783. The van der Waals surface area contributed by atoms with Crippen molar-refractivity contribution in [3.63, 3.8) is 0 Å². The third-order valence-electron chi connectivity index (χ3n) is 1.97. The molecule has 17 heavy (non-hydrogen) atoms. The molecule has 0 radical (unpaired) electrons. The zero-order valence-electron chi connectivity index (χ0n) is 9.41. The molecular formula is C10H13F3N2OS. The topological polar surface area (TPSA) is 42.0 Å². The minimum Gasteiger partial charge on any atom is -0.367 e. The maximum atomic E-state index is 12.3. The van der Waals surface area contributed by atoms with E-state index in [1.54, 1.807) is 13.2 Å². The van der Waals surface area contributed by atoms with Crippen molar-refractivity contribution in [2.45, 2.75) is 19.1 Å². The normalized spacial score (nSPS) is 15.4. The molecule has 3 nitrogen and oxygen atoms in total. The fourth-order valence-corrected chi connectivity index (χ4v) is 2.08. The summed E-state index contributed by atoms with van der Waals surface area (Å²) in [6.45, 7) is 1.79. The highest BCUT2D eigenvalue weighted by Crippen LogP contribution is 2.28. The summed E-state index contributed by atoms with van der Waals surface area (Å²) in [6.07, 6.45) is -2.03. The van der Waals surface area contributed by atoms with Crippen molar-refractivity contribution < 1.29 is 17.4 Å². The number of anilines is 1. The van der Waals surface area contributed by atoms with Crippen LogP contribution in [0.25, 0.3) is 0 Å². The quantitative estimate of drug-likeness (QED) is 0.909. The first-order valence-corrected chi connectivity index (χ1v) is 6.61. The summed E-state index contributed by atoms with van der Waals surface area (Å²) in [5.74, 6) is 0.763. The monoisotopic (exact) mass is 266 g/mol. The van der Waals surface area contributed by atoms with Crippen molar-refractivity contribution in [1.82, 2.24) is 4.98 Å². The molecule has 0 amide bonds. The van der Waals surface area contributed by atoms with Gasteiger partial charge in [0.1, 0.15) is 5.82 Å². The van der Waals surface area contributed by atoms with E-state index in [0.717, 1.165) is 12.3 Å². The van der Waals surface area contributed by atoms with E-state index >= 15 is 0 Å². The molecule has 1 aromatic heterocycles. The highest BCUT2D eigenvalue weighted by molar-refractivity contribution is 7.84. The van der Waals surface area contributed by atoms with E-state index in [1.165, 1.54) is 6.07 Å². The number of pyridine rings is 1. The number of hydrogen-bond acceptors (Lipinski definition) is 3. The van der Waals surface area contributed by atoms with Gasteiger partial charge in [0, 0.05) is 35.0 Å². The number of alkyl halides is 3. The van der Waals surface area contributed by atoms with Crippen LogP contribution < -0.4 is 5.32 Å². The Balaban J connectivity index is 2.66. The molecule has 96 valence electrons. The standard InChI is InChI=1S/C10H13F3N2OS/c1-7(6-17(2)16)15-9-4-3-8(5-14-9)10(11,12)13/h3-5,7H,6H2,1-2H3,(H,14,15). The molecular weight excluding hydrogens is 253 g/mol. The summed E-state index contributed by atoms with van der Waals surface area (Å²) >= 11 is 0. The van der Waals surface area contributed by atoms with Gasteiger partial charge >= 0.3 is 6.18 Å². The smallest absolute Gasteiger partial charge is 0.367 e. The van der Waals surface area contributed by atoms with Gasteiger partial charge in [-0.25, -0.2) is 4.98 Å². The first kappa shape index (κ1) is 14.0. The Labute approximate surface area is 99.9 Å². The maximum absolute atomic E-state index is 12.3. The Bertz CT molecular complexity index is 392. The average molecular weight is 266 g/mol. The lowest BCUT2D eigenvalue weighted by molar-refractivity contribution is -0.137. The van der Waals surface area contributed by atoms with E-state index in [0.29, 0.717) is 11.6 Å². The zero-order chi connectivity index (χ0) is 13.1. The number of halogens is 3. The molecule has 0 bridgehead atoms. The van der Waals surface area contributed by atoms with Crippen LogP contribution in [0.5, 0.6) is 0 Å². The summed E-state index contributed by atoms with van der Waals surface area (Å²) in [7, 11) is -0.958. The van der Waals surface area contributed by atoms with Gasteiger partial charge in [0.25, 0.3) is 0 Å². The first-order valence-electron chi connectivity index (χ1n) is 4.89. The van der Waals surface area contributed by atoms with E-state index in [-0.39, 0.29) is 6.04 Å². The fraction of sp³-hybridized carbons (Fsp3) is 0.500. The Morgan fingerprint density at radius 2 is 2.12 bits per heavy atom. The molecule has 1 aromatic rings. The van der Waals surface area contributed by atoms with Crippen LogP contribution in [0.15, 0.2) is 18.3 Å².